The number of benzene rings is 2. The van der Waals surface area contributed by atoms with Gasteiger partial charge in [-0.15, -0.1) is 11.3 Å². The van der Waals surface area contributed by atoms with Gasteiger partial charge in [-0.1, -0.05) is 12.1 Å². The number of aromatic nitrogens is 1. The van der Waals surface area contributed by atoms with Crippen LogP contribution in [0.3, 0.4) is 0 Å². The molecular formula is C22H25F3N4OS2. The summed E-state index contributed by atoms with van der Waals surface area (Å²) >= 11 is 1.26. The molecule has 2 aromatic carbocycles. The van der Waals surface area contributed by atoms with E-state index in [4.69, 9.17) is 0 Å². The molecule has 0 saturated heterocycles. The van der Waals surface area contributed by atoms with Gasteiger partial charge in [0.1, 0.15) is 28.2 Å². The van der Waals surface area contributed by atoms with E-state index in [9.17, 15) is 17.4 Å². The first-order valence-electron chi connectivity index (χ1n) is 9.83. The highest BCUT2D eigenvalue weighted by Gasteiger charge is 2.21. The molecule has 1 heterocycles. The molecule has 0 amide bonds. The number of rotatable bonds is 8. The van der Waals surface area contributed by atoms with Gasteiger partial charge in [0, 0.05) is 35.3 Å². The van der Waals surface area contributed by atoms with Crippen LogP contribution in [0.25, 0.3) is 0 Å². The highest BCUT2D eigenvalue weighted by molar-refractivity contribution is 7.86. The summed E-state index contributed by atoms with van der Waals surface area (Å²) < 4.78 is 58.5. The first kappa shape index (κ1) is 24.2. The second kappa shape index (κ2) is 10.0. The molecule has 3 rings (SSSR count). The first-order valence-corrected chi connectivity index (χ1v) is 11.9. The lowest BCUT2D eigenvalue weighted by Crippen LogP contribution is -2.37. The van der Waals surface area contributed by atoms with Crippen molar-refractivity contribution in [2.75, 3.05) is 17.1 Å². The summed E-state index contributed by atoms with van der Waals surface area (Å²) in [6, 6.07) is 6.92. The summed E-state index contributed by atoms with van der Waals surface area (Å²) in [6.45, 7) is 6.74. The quantitative estimate of drug-likeness (QED) is 0.443. The fourth-order valence-electron chi connectivity index (χ4n) is 2.88. The van der Waals surface area contributed by atoms with Crippen molar-refractivity contribution in [1.29, 1.82) is 0 Å². The van der Waals surface area contributed by atoms with Crippen molar-refractivity contribution >= 4 is 33.8 Å². The number of thiazole rings is 1. The third-order valence-electron chi connectivity index (χ3n) is 5.05. The molecule has 5 nitrogen and oxygen atoms in total. The van der Waals surface area contributed by atoms with Crippen LogP contribution in [-0.2, 0) is 24.1 Å². The van der Waals surface area contributed by atoms with E-state index >= 15 is 0 Å². The summed E-state index contributed by atoms with van der Waals surface area (Å²) in [5.41, 5.74) is 2.72. The van der Waals surface area contributed by atoms with Gasteiger partial charge in [-0.3, -0.25) is 9.62 Å². The number of anilines is 2. The van der Waals surface area contributed by atoms with Crippen molar-refractivity contribution in [1.82, 2.24) is 9.88 Å². The highest BCUT2D eigenvalue weighted by Crippen LogP contribution is 2.25. The van der Waals surface area contributed by atoms with Gasteiger partial charge in [0.25, 0.3) is 0 Å². The number of hydrogen-bond donors (Lipinski definition) is 2. The summed E-state index contributed by atoms with van der Waals surface area (Å²) in [7, 11) is -0.206. The Hall–Kier alpha value is -2.43. The molecule has 0 fully saturated rings. The number of nitrogens with one attached hydrogen (secondary N) is 2. The molecule has 0 aliphatic rings. The van der Waals surface area contributed by atoms with E-state index in [2.05, 4.69) is 40.7 Å². The Morgan fingerprint density at radius 2 is 1.81 bits per heavy atom. The lowest BCUT2D eigenvalue weighted by atomic mass is 10.0. The molecule has 3 aromatic rings. The van der Waals surface area contributed by atoms with Crippen LogP contribution in [0.2, 0.25) is 0 Å². The van der Waals surface area contributed by atoms with Gasteiger partial charge in [-0.05, 0) is 51.6 Å². The van der Waals surface area contributed by atoms with Gasteiger partial charge in [-0.25, -0.2) is 22.4 Å². The molecule has 0 bridgehead atoms. The van der Waals surface area contributed by atoms with Crippen molar-refractivity contribution in [3.05, 3.63) is 69.8 Å². The molecule has 0 aliphatic heterocycles. The van der Waals surface area contributed by atoms with Gasteiger partial charge in [0.2, 0.25) is 0 Å². The van der Waals surface area contributed by atoms with Crippen LogP contribution in [0.4, 0.5) is 24.7 Å². The maximum Gasteiger partial charge on any atom is 0.157 e. The zero-order chi connectivity index (χ0) is 23.5. The summed E-state index contributed by atoms with van der Waals surface area (Å²) in [5.74, 6) is -2.09. The maximum absolute atomic E-state index is 14.6. The Bertz CT molecular complexity index is 1080. The van der Waals surface area contributed by atoms with Gasteiger partial charge >= 0.3 is 0 Å². The minimum Gasteiger partial charge on any atom is -0.381 e. The monoisotopic (exact) mass is 482 g/mol. The number of hydrogen-bond acceptors (Lipinski definition) is 5. The van der Waals surface area contributed by atoms with E-state index in [1.165, 1.54) is 22.9 Å². The summed E-state index contributed by atoms with van der Waals surface area (Å²) in [5, 5.41) is 4.46. The van der Waals surface area contributed by atoms with E-state index in [0.29, 0.717) is 12.1 Å². The number of nitrogens with zero attached hydrogens (tertiary/aromatic N) is 2. The topological polar surface area (TPSA) is 57.3 Å². The average Bonchev–Trinajstić information content (AvgIpc) is 3.19. The van der Waals surface area contributed by atoms with Crippen LogP contribution in [0.1, 0.15) is 31.9 Å². The molecule has 10 heteroatoms. The van der Waals surface area contributed by atoms with E-state index in [0.717, 1.165) is 17.7 Å². The molecule has 0 saturated carbocycles. The summed E-state index contributed by atoms with van der Waals surface area (Å²) in [6.07, 6.45) is 0. The van der Waals surface area contributed by atoms with Crippen molar-refractivity contribution in [2.45, 2.75) is 44.3 Å². The van der Waals surface area contributed by atoms with Gasteiger partial charge < -0.3 is 5.32 Å². The van der Waals surface area contributed by atoms with Crippen molar-refractivity contribution < 1.29 is 17.4 Å². The molecule has 2 N–H and O–H groups in total. The zero-order valence-electron chi connectivity index (χ0n) is 18.2. The van der Waals surface area contributed by atoms with E-state index in [-0.39, 0.29) is 23.6 Å². The number of halogens is 3. The SMILES string of the molecule is CN(Cc1cccc(F)c1CNc1cc(F)c(S(=O)Nc2cscn2)c(F)c1)C(C)(C)C. The average molecular weight is 483 g/mol. The Balaban J connectivity index is 1.77. The lowest BCUT2D eigenvalue weighted by molar-refractivity contribution is 0.167. The molecule has 0 radical (unpaired) electrons. The minimum atomic E-state index is -2.16. The van der Waals surface area contributed by atoms with Crippen LogP contribution < -0.4 is 10.0 Å². The van der Waals surface area contributed by atoms with Crippen LogP contribution in [-0.4, -0.2) is 26.7 Å². The second-order valence-corrected chi connectivity index (χ2v) is 10.1. The maximum atomic E-state index is 14.6. The smallest absolute Gasteiger partial charge is 0.157 e. The molecule has 1 unspecified atom stereocenters. The predicted molar refractivity (Wildman–Crippen MR) is 123 cm³/mol. The van der Waals surface area contributed by atoms with Crippen LogP contribution in [0, 0.1) is 17.5 Å². The molecule has 0 aliphatic carbocycles. The van der Waals surface area contributed by atoms with Crippen LogP contribution in [0.15, 0.2) is 46.1 Å². The third kappa shape index (κ3) is 5.87. The highest BCUT2D eigenvalue weighted by atomic mass is 32.2. The fraction of sp³-hybridized carbons (Fsp3) is 0.318. The van der Waals surface area contributed by atoms with E-state index < -0.39 is 33.3 Å². The lowest BCUT2D eigenvalue weighted by Gasteiger charge is -2.32. The normalized spacial score (nSPS) is 12.8. The third-order valence-corrected chi connectivity index (χ3v) is 6.79. The molecule has 32 heavy (non-hydrogen) atoms. The Morgan fingerprint density at radius 3 is 2.41 bits per heavy atom. The van der Waals surface area contributed by atoms with E-state index in [1.54, 1.807) is 11.4 Å². The molecule has 172 valence electrons. The first-order chi connectivity index (χ1) is 15.1. The zero-order valence-corrected chi connectivity index (χ0v) is 19.8. The van der Waals surface area contributed by atoms with Gasteiger partial charge in [0.05, 0.1) is 5.51 Å². The second-order valence-electron chi connectivity index (χ2n) is 8.27. The van der Waals surface area contributed by atoms with Crippen molar-refractivity contribution in [2.24, 2.45) is 0 Å². The van der Waals surface area contributed by atoms with Gasteiger partial charge in [0.15, 0.2) is 11.0 Å². The Labute approximate surface area is 192 Å². The standard InChI is InChI=1S/C22H25F3N4OS2/c1-22(2,3)29(4)11-14-6-5-7-17(23)16(14)10-26-15-8-18(24)21(19(25)9-15)32(30)28-20-12-31-13-27-20/h5-9,12-13,26,28H,10-11H2,1-4H3. The molecule has 1 atom stereocenters. The van der Waals surface area contributed by atoms with E-state index in [1.807, 2.05) is 13.1 Å². The van der Waals surface area contributed by atoms with Crippen LogP contribution in [0.5, 0.6) is 0 Å². The molecule has 0 spiro atoms. The fourth-order valence-corrected chi connectivity index (χ4v) is 4.31. The van der Waals surface area contributed by atoms with Crippen molar-refractivity contribution in [3.63, 3.8) is 0 Å². The predicted octanol–water partition coefficient (Wildman–Crippen LogP) is 5.54. The van der Waals surface area contributed by atoms with Crippen LogP contribution >= 0.6 is 11.3 Å². The van der Waals surface area contributed by atoms with Gasteiger partial charge in [-0.2, -0.15) is 0 Å². The Kier molecular flexibility index (Phi) is 7.58. The van der Waals surface area contributed by atoms with Crippen molar-refractivity contribution in [3.8, 4) is 0 Å². The molecule has 1 aromatic heterocycles. The summed E-state index contributed by atoms with van der Waals surface area (Å²) in [4.78, 5) is 5.38. The molecular weight excluding hydrogens is 457 g/mol. The Morgan fingerprint density at radius 1 is 1.12 bits per heavy atom. The largest absolute Gasteiger partial charge is 0.381 e. The minimum absolute atomic E-state index is 0.0401.